The van der Waals surface area contributed by atoms with E-state index in [9.17, 15) is 0 Å². The molecule has 0 heterocycles. The fourth-order valence-electron chi connectivity index (χ4n) is 1.99. The number of hydrogen-bond acceptors (Lipinski definition) is 0. The average molecular weight is 184 g/mol. The van der Waals surface area contributed by atoms with Gasteiger partial charge in [0.15, 0.2) is 0 Å². The van der Waals surface area contributed by atoms with Crippen molar-refractivity contribution in [1.82, 2.24) is 0 Å². The van der Waals surface area contributed by atoms with Crippen LogP contribution in [0.4, 0.5) is 0 Å². The fourth-order valence-corrected chi connectivity index (χ4v) is 1.99. The Morgan fingerprint density at radius 2 is 1.79 bits per heavy atom. The largest absolute Gasteiger partial charge is 0.0805 e. The van der Waals surface area contributed by atoms with E-state index in [1.807, 2.05) is 0 Å². The summed E-state index contributed by atoms with van der Waals surface area (Å²) in [5.41, 5.74) is 2.79. The molecule has 2 rings (SSSR count). The van der Waals surface area contributed by atoms with Crippen LogP contribution in [-0.2, 0) is 0 Å². The second-order valence-electron chi connectivity index (χ2n) is 4.07. The first-order valence-corrected chi connectivity index (χ1v) is 5.19. The fraction of sp³-hybridized carbons (Fsp3) is 0.286. The van der Waals surface area contributed by atoms with Crippen LogP contribution in [0.2, 0.25) is 0 Å². The van der Waals surface area contributed by atoms with Crippen molar-refractivity contribution in [2.75, 3.05) is 0 Å². The molecule has 0 fully saturated rings. The van der Waals surface area contributed by atoms with Gasteiger partial charge in [0, 0.05) is 5.92 Å². The van der Waals surface area contributed by atoms with E-state index in [2.05, 4.69) is 62.4 Å². The summed E-state index contributed by atoms with van der Waals surface area (Å²) < 4.78 is 0. The minimum Gasteiger partial charge on any atom is -0.0805 e. The molecule has 0 radical (unpaired) electrons. The van der Waals surface area contributed by atoms with Crippen molar-refractivity contribution in [3.05, 3.63) is 59.7 Å². The smallest absolute Gasteiger partial charge is 0.00839 e. The zero-order valence-electron chi connectivity index (χ0n) is 8.77. The molecular weight excluding hydrogens is 168 g/mol. The highest BCUT2D eigenvalue weighted by molar-refractivity contribution is 5.33. The third-order valence-corrected chi connectivity index (χ3v) is 2.86. The van der Waals surface area contributed by atoms with E-state index in [0.29, 0.717) is 11.8 Å². The SMILES string of the molecule is CC1=CC(c2ccccc2)C(C)C=C1. The van der Waals surface area contributed by atoms with Crippen LogP contribution >= 0.6 is 0 Å². The van der Waals surface area contributed by atoms with Crippen LogP contribution in [-0.4, -0.2) is 0 Å². The summed E-state index contributed by atoms with van der Waals surface area (Å²) in [7, 11) is 0. The van der Waals surface area contributed by atoms with E-state index in [-0.39, 0.29) is 0 Å². The maximum Gasteiger partial charge on any atom is 0.00839 e. The minimum absolute atomic E-state index is 0.557. The van der Waals surface area contributed by atoms with Crippen molar-refractivity contribution in [3.8, 4) is 0 Å². The summed E-state index contributed by atoms with van der Waals surface area (Å²) in [6.07, 6.45) is 6.87. The summed E-state index contributed by atoms with van der Waals surface area (Å²) in [6.45, 7) is 4.44. The van der Waals surface area contributed by atoms with Crippen molar-refractivity contribution in [3.63, 3.8) is 0 Å². The lowest BCUT2D eigenvalue weighted by atomic mass is 9.82. The summed E-state index contributed by atoms with van der Waals surface area (Å²) in [6, 6.07) is 10.7. The Bertz CT molecular complexity index is 357. The van der Waals surface area contributed by atoms with Gasteiger partial charge in [0.05, 0.1) is 0 Å². The minimum atomic E-state index is 0.557. The first-order chi connectivity index (χ1) is 6.77. The van der Waals surface area contributed by atoms with Crippen molar-refractivity contribution < 1.29 is 0 Å². The van der Waals surface area contributed by atoms with E-state index in [1.54, 1.807) is 0 Å². The molecule has 1 aromatic carbocycles. The van der Waals surface area contributed by atoms with Crippen molar-refractivity contribution in [2.24, 2.45) is 5.92 Å². The molecule has 2 atom stereocenters. The molecule has 1 aliphatic rings. The van der Waals surface area contributed by atoms with Gasteiger partial charge in [0.25, 0.3) is 0 Å². The van der Waals surface area contributed by atoms with Gasteiger partial charge in [0.1, 0.15) is 0 Å². The lowest BCUT2D eigenvalue weighted by Crippen LogP contribution is -2.08. The predicted molar refractivity (Wildman–Crippen MR) is 61.2 cm³/mol. The molecule has 0 aromatic heterocycles. The molecule has 0 spiro atoms. The van der Waals surface area contributed by atoms with Crippen molar-refractivity contribution in [1.29, 1.82) is 0 Å². The highest BCUT2D eigenvalue weighted by Crippen LogP contribution is 2.31. The molecule has 14 heavy (non-hydrogen) atoms. The summed E-state index contributed by atoms with van der Waals surface area (Å²) in [5, 5.41) is 0. The van der Waals surface area contributed by atoms with Crippen LogP contribution < -0.4 is 0 Å². The monoisotopic (exact) mass is 184 g/mol. The number of allylic oxidation sites excluding steroid dienone is 4. The lowest BCUT2D eigenvalue weighted by Gasteiger charge is -2.22. The van der Waals surface area contributed by atoms with Gasteiger partial charge >= 0.3 is 0 Å². The van der Waals surface area contributed by atoms with Gasteiger partial charge < -0.3 is 0 Å². The number of hydrogen-bond donors (Lipinski definition) is 0. The van der Waals surface area contributed by atoms with E-state index < -0.39 is 0 Å². The Morgan fingerprint density at radius 3 is 2.50 bits per heavy atom. The van der Waals surface area contributed by atoms with Crippen LogP contribution in [0.15, 0.2) is 54.1 Å². The summed E-state index contributed by atoms with van der Waals surface area (Å²) >= 11 is 0. The van der Waals surface area contributed by atoms with Crippen LogP contribution in [0.5, 0.6) is 0 Å². The third-order valence-electron chi connectivity index (χ3n) is 2.86. The quantitative estimate of drug-likeness (QED) is 0.620. The van der Waals surface area contributed by atoms with Gasteiger partial charge in [-0.25, -0.2) is 0 Å². The molecule has 0 N–H and O–H groups in total. The van der Waals surface area contributed by atoms with Crippen LogP contribution in [0.3, 0.4) is 0 Å². The molecule has 1 aromatic rings. The predicted octanol–water partition coefficient (Wildman–Crippen LogP) is 3.92. The first-order valence-electron chi connectivity index (χ1n) is 5.19. The van der Waals surface area contributed by atoms with Crippen LogP contribution in [0.25, 0.3) is 0 Å². The van der Waals surface area contributed by atoms with Gasteiger partial charge in [-0.1, -0.05) is 61.1 Å². The zero-order chi connectivity index (χ0) is 9.97. The van der Waals surface area contributed by atoms with Crippen molar-refractivity contribution in [2.45, 2.75) is 19.8 Å². The van der Waals surface area contributed by atoms with E-state index in [4.69, 9.17) is 0 Å². The van der Waals surface area contributed by atoms with Crippen molar-refractivity contribution >= 4 is 0 Å². The second-order valence-corrected chi connectivity index (χ2v) is 4.07. The normalized spacial score (nSPS) is 26.0. The van der Waals surface area contributed by atoms with Crippen LogP contribution in [0.1, 0.15) is 25.3 Å². The highest BCUT2D eigenvalue weighted by Gasteiger charge is 2.16. The van der Waals surface area contributed by atoms with Gasteiger partial charge in [-0.2, -0.15) is 0 Å². The second kappa shape index (κ2) is 3.83. The summed E-state index contributed by atoms with van der Waals surface area (Å²) in [4.78, 5) is 0. The average Bonchev–Trinajstić information content (AvgIpc) is 2.23. The highest BCUT2D eigenvalue weighted by atomic mass is 14.2. The Labute approximate surface area is 86.0 Å². The molecule has 2 unspecified atom stereocenters. The Hall–Kier alpha value is -1.30. The lowest BCUT2D eigenvalue weighted by molar-refractivity contribution is 0.631. The zero-order valence-corrected chi connectivity index (χ0v) is 8.77. The van der Waals surface area contributed by atoms with Gasteiger partial charge in [0.2, 0.25) is 0 Å². The first kappa shape index (κ1) is 9.26. The molecule has 0 aliphatic heterocycles. The Kier molecular flexibility index (Phi) is 2.53. The number of rotatable bonds is 1. The summed E-state index contributed by atoms with van der Waals surface area (Å²) in [5.74, 6) is 1.17. The van der Waals surface area contributed by atoms with E-state index >= 15 is 0 Å². The van der Waals surface area contributed by atoms with E-state index in [0.717, 1.165) is 0 Å². The topological polar surface area (TPSA) is 0 Å². The third kappa shape index (κ3) is 1.79. The molecule has 0 saturated heterocycles. The molecule has 72 valence electrons. The van der Waals surface area contributed by atoms with Crippen LogP contribution in [0, 0.1) is 5.92 Å². The standard InChI is InChI=1S/C14H16/c1-11-8-9-12(2)14(10-11)13-6-4-3-5-7-13/h3-10,12,14H,1-2H3. The Balaban J connectivity index is 2.31. The van der Waals surface area contributed by atoms with E-state index in [1.165, 1.54) is 11.1 Å². The molecule has 0 nitrogen and oxygen atoms in total. The molecule has 0 saturated carbocycles. The Morgan fingerprint density at radius 1 is 1.07 bits per heavy atom. The number of benzene rings is 1. The van der Waals surface area contributed by atoms with Gasteiger partial charge in [-0.05, 0) is 18.4 Å². The maximum absolute atomic E-state index is 2.36. The van der Waals surface area contributed by atoms with Gasteiger partial charge in [-0.15, -0.1) is 0 Å². The molecule has 0 bridgehead atoms. The maximum atomic E-state index is 2.36. The molecule has 1 aliphatic carbocycles. The molecule has 0 amide bonds. The molecule has 0 heteroatoms. The molecular formula is C14H16. The van der Waals surface area contributed by atoms with Gasteiger partial charge in [-0.3, -0.25) is 0 Å².